The second-order valence-corrected chi connectivity index (χ2v) is 7.26. The van der Waals surface area contributed by atoms with Gasteiger partial charge in [-0.3, -0.25) is 10.1 Å². The molecule has 1 N–H and O–H groups in total. The Morgan fingerprint density at radius 2 is 1.73 bits per heavy atom. The Hall–Kier alpha value is -1.57. The molecular weight excluding hydrogens is 440 g/mol. The van der Waals surface area contributed by atoms with Crippen LogP contribution in [0.2, 0.25) is 20.2 Å². The minimum absolute atomic E-state index is 0.00840. The van der Waals surface area contributed by atoms with E-state index < -0.39 is 5.91 Å². The molecular formula is C16H9Cl4N3O2S. The molecule has 26 heavy (non-hydrogen) atoms. The average molecular weight is 449 g/mol. The van der Waals surface area contributed by atoms with E-state index in [0.717, 1.165) is 11.3 Å². The van der Waals surface area contributed by atoms with Crippen molar-refractivity contribution in [3.63, 3.8) is 0 Å². The Morgan fingerprint density at radius 3 is 2.38 bits per heavy atom. The van der Waals surface area contributed by atoms with Crippen LogP contribution in [-0.4, -0.2) is 23.0 Å². The van der Waals surface area contributed by atoms with Crippen molar-refractivity contribution in [1.82, 2.24) is 9.97 Å². The van der Waals surface area contributed by atoms with Gasteiger partial charge in [0, 0.05) is 10.9 Å². The Labute approximate surface area is 172 Å². The van der Waals surface area contributed by atoms with Crippen LogP contribution in [0.15, 0.2) is 29.6 Å². The van der Waals surface area contributed by atoms with E-state index in [0.29, 0.717) is 10.8 Å². The molecule has 10 heteroatoms. The van der Waals surface area contributed by atoms with Gasteiger partial charge in [-0.05, 0) is 24.3 Å². The predicted molar refractivity (Wildman–Crippen MR) is 106 cm³/mol. The van der Waals surface area contributed by atoms with Crippen molar-refractivity contribution >= 4 is 68.8 Å². The Morgan fingerprint density at radius 1 is 1.04 bits per heavy atom. The molecule has 5 nitrogen and oxygen atoms in total. The SMILES string of the molecule is COc1ccc(-c2csc(NC(=O)c3nc(Cl)c(Cl)c(Cl)c3Cl)n2)cc1. The molecule has 1 aromatic carbocycles. The fourth-order valence-electron chi connectivity index (χ4n) is 2.02. The van der Waals surface area contributed by atoms with Gasteiger partial charge in [0.25, 0.3) is 5.91 Å². The molecule has 0 radical (unpaired) electrons. The molecule has 2 heterocycles. The van der Waals surface area contributed by atoms with Gasteiger partial charge in [0.1, 0.15) is 10.9 Å². The lowest BCUT2D eigenvalue weighted by Gasteiger charge is -2.07. The summed E-state index contributed by atoms with van der Waals surface area (Å²) in [6, 6.07) is 7.40. The van der Waals surface area contributed by atoms with Crippen molar-refractivity contribution < 1.29 is 9.53 Å². The maximum absolute atomic E-state index is 12.4. The highest BCUT2D eigenvalue weighted by atomic mass is 35.5. The molecule has 2 aromatic heterocycles. The maximum Gasteiger partial charge on any atom is 0.277 e. The van der Waals surface area contributed by atoms with Gasteiger partial charge in [0.2, 0.25) is 0 Å². The number of methoxy groups -OCH3 is 1. The minimum Gasteiger partial charge on any atom is -0.497 e. The van der Waals surface area contributed by atoms with Crippen molar-refractivity contribution in [3.05, 3.63) is 55.6 Å². The number of pyridine rings is 1. The molecule has 0 aliphatic heterocycles. The summed E-state index contributed by atoms with van der Waals surface area (Å²) >= 11 is 25.0. The first-order valence-corrected chi connectivity index (χ1v) is 9.41. The molecule has 0 spiro atoms. The Bertz CT molecular complexity index is 976. The number of carbonyl (C=O) groups excluding carboxylic acids is 1. The van der Waals surface area contributed by atoms with Gasteiger partial charge in [-0.2, -0.15) is 0 Å². The molecule has 3 aromatic rings. The van der Waals surface area contributed by atoms with Crippen molar-refractivity contribution in [2.24, 2.45) is 0 Å². The van der Waals surface area contributed by atoms with Gasteiger partial charge in [0.15, 0.2) is 10.8 Å². The lowest BCUT2D eigenvalue weighted by Crippen LogP contribution is -2.14. The molecule has 1 amide bonds. The van der Waals surface area contributed by atoms with Crippen molar-refractivity contribution in [2.45, 2.75) is 0 Å². The number of ether oxygens (including phenoxy) is 1. The molecule has 0 aliphatic rings. The van der Waals surface area contributed by atoms with E-state index in [1.165, 1.54) is 11.3 Å². The maximum atomic E-state index is 12.4. The Balaban J connectivity index is 1.82. The van der Waals surface area contributed by atoms with E-state index in [2.05, 4.69) is 15.3 Å². The second kappa shape index (κ2) is 7.98. The van der Waals surface area contributed by atoms with Crippen LogP contribution in [0.3, 0.4) is 0 Å². The first-order chi connectivity index (χ1) is 12.4. The molecule has 3 rings (SSSR count). The fraction of sp³-hybridized carbons (Fsp3) is 0.0625. The quantitative estimate of drug-likeness (QED) is 0.491. The second-order valence-electron chi connectivity index (χ2n) is 4.91. The minimum atomic E-state index is -0.592. The number of hydrogen-bond acceptors (Lipinski definition) is 5. The van der Waals surface area contributed by atoms with Crippen LogP contribution < -0.4 is 10.1 Å². The van der Waals surface area contributed by atoms with E-state index >= 15 is 0 Å². The molecule has 0 aliphatic carbocycles. The number of anilines is 1. The van der Waals surface area contributed by atoms with Gasteiger partial charge in [-0.15, -0.1) is 11.3 Å². The van der Waals surface area contributed by atoms with Crippen molar-refractivity contribution in [2.75, 3.05) is 12.4 Å². The summed E-state index contributed by atoms with van der Waals surface area (Å²) in [6.07, 6.45) is 0. The highest BCUT2D eigenvalue weighted by molar-refractivity contribution is 7.14. The Kier molecular flexibility index (Phi) is 5.89. The standard InChI is InChI=1S/C16H9Cl4N3O2S/c1-25-8-4-2-7(3-5-8)9-6-26-16(21-9)23-15(24)13-11(18)10(17)12(19)14(20)22-13/h2-6H,1H3,(H,21,23,24). The smallest absolute Gasteiger partial charge is 0.277 e. The van der Waals surface area contributed by atoms with E-state index in [4.69, 9.17) is 51.1 Å². The number of hydrogen-bond donors (Lipinski definition) is 1. The molecule has 0 saturated carbocycles. The lowest BCUT2D eigenvalue weighted by atomic mass is 10.2. The lowest BCUT2D eigenvalue weighted by molar-refractivity contribution is 0.102. The number of thiazole rings is 1. The third kappa shape index (κ3) is 3.89. The van der Waals surface area contributed by atoms with Crippen LogP contribution >= 0.6 is 57.7 Å². The number of halogens is 4. The fourth-order valence-corrected chi connectivity index (χ4v) is 3.55. The summed E-state index contributed by atoms with van der Waals surface area (Å²) in [5.74, 6) is 0.154. The number of nitrogens with one attached hydrogen (secondary N) is 1. The first-order valence-electron chi connectivity index (χ1n) is 7.02. The number of amides is 1. The summed E-state index contributed by atoms with van der Waals surface area (Å²) in [6.45, 7) is 0. The summed E-state index contributed by atoms with van der Waals surface area (Å²) in [5, 5.41) is 4.59. The van der Waals surface area contributed by atoms with Crippen molar-refractivity contribution in [1.29, 1.82) is 0 Å². The molecule has 0 bridgehead atoms. The normalized spacial score (nSPS) is 10.7. The van der Waals surface area contributed by atoms with Crippen LogP contribution in [0, 0.1) is 0 Å². The third-order valence-electron chi connectivity index (χ3n) is 3.31. The summed E-state index contributed by atoms with van der Waals surface area (Å²) in [4.78, 5) is 20.7. The highest BCUT2D eigenvalue weighted by Gasteiger charge is 2.21. The molecule has 0 atom stereocenters. The van der Waals surface area contributed by atoms with E-state index in [-0.39, 0.29) is 25.9 Å². The molecule has 0 fully saturated rings. The van der Waals surface area contributed by atoms with Crippen LogP contribution in [0.25, 0.3) is 11.3 Å². The molecule has 0 unspecified atom stereocenters. The number of nitrogens with zero attached hydrogens (tertiary/aromatic N) is 2. The predicted octanol–water partition coefficient (Wildman–Crippen LogP) is 6.08. The van der Waals surface area contributed by atoms with E-state index in [1.54, 1.807) is 7.11 Å². The average Bonchev–Trinajstić information content (AvgIpc) is 3.11. The van der Waals surface area contributed by atoms with Crippen LogP contribution in [0.5, 0.6) is 5.75 Å². The van der Waals surface area contributed by atoms with Crippen molar-refractivity contribution in [3.8, 4) is 17.0 Å². The largest absolute Gasteiger partial charge is 0.497 e. The van der Waals surface area contributed by atoms with Gasteiger partial charge in [-0.25, -0.2) is 9.97 Å². The molecule has 0 saturated heterocycles. The number of carbonyl (C=O) groups is 1. The van der Waals surface area contributed by atoms with Gasteiger partial charge < -0.3 is 4.74 Å². The van der Waals surface area contributed by atoms with Crippen LogP contribution in [-0.2, 0) is 0 Å². The summed E-state index contributed by atoms with van der Waals surface area (Å²) in [5.41, 5.74) is 1.46. The zero-order valence-electron chi connectivity index (χ0n) is 13.0. The summed E-state index contributed by atoms with van der Waals surface area (Å²) < 4.78 is 5.13. The first kappa shape index (κ1) is 19.2. The number of aromatic nitrogens is 2. The van der Waals surface area contributed by atoms with Gasteiger partial charge in [-0.1, -0.05) is 46.4 Å². The molecule has 134 valence electrons. The third-order valence-corrected chi connectivity index (χ3v) is 5.75. The zero-order valence-corrected chi connectivity index (χ0v) is 16.9. The van der Waals surface area contributed by atoms with Crippen LogP contribution in [0.1, 0.15) is 10.5 Å². The monoisotopic (exact) mass is 447 g/mol. The topological polar surface area (TPSA) is 64.1 Å². The van der Waals surface area contributed by atoms with Crippen LogP contribution in [0.4, 0.5) is 5.13 Å². The van der Waals surface area contributed by atoms with E-state index in [1.807, 2.05) is 29.6 Å². The highest BCUT2D eigenvalue weighted by Crippen LogP contribution is 2.36. The van der Waals surface area contributed by atoms with Gasteiger partial charge in [0.05, 0.1) is 27.9 Å². The van der Waals surface area contributed by atoms with E-state index in [9.17, 15) is 4.79 Å². The number of rotatable bonds is 4. The van der Waals surface area contributed by atoms with Gasteiger partial charge >= 0.3 is 0 Å². The number of benzene rings is 1. The zero-order chi connectivity index (χ0) is 18.8. The summed E-state index contributed by atoms with van der Waals surface area (Å²) in [7, 11) is 1.60.